The normalized spacial score (nSPS) is 14.4. The molecule has 0 heterocycles. The third kappa shape index (κ3) is 3.61. The van der Waals surface area contributed by atoms with Crippen molar-refractivity contribution in [2.75, 3.05) is 0 Å². The van der Waals surface area contributed by atoms with Gasteiger partial charge in [0.15, 0.2) is 0 Å². The lowest BCUT2D eigenvalue weighted by molar-refractivity contribution is 0.561. The van der Waals surface area contributed by atoms with Crippen molar-refractivity contribution in [1.29, 1.82) is 0 Å². The van der Waals surface area contributed by atoms with E-state index >= 15 is 0 Å². The van der Waals surface area contributed by atoms with E-state index in [0.29, 0.717) is 5.56 Å². The van der Waals surface area contributed by atoms with Gasteiger partial charge in [0.2, 0.25) is 0 Å². The second kappa shape index (κ2) is 4.97. The first kappa shape index (κ1) is 13.2. The van der Waals surface area contributed by atoms with Crippen LogP contribution in [0.1, 0.15) is 31.9 Å². The molecule has 0 aromatic heterocycles. The molecule has 0 aliphatic rings. The number of hydrogen-bond acceptors (Lipinski definition) is 2. The molecule has 0 aliphatic heterocycles. The van der Waals surface area contributed by atoms with Gasteiger partial charge in [0.25, 0.3) is 0 Å². The van der Waals surface area contributed by atoms with E-state index in [9.17, 15) is 8.94 Å². The first-order chi connectivity index (χ1) is 7.30. The number of aryl methyl sites for hydroxylation is 1. The molecule has 1 unspecified atom stereocenters. The molecule has 0 fully saturated rings. The van der Waals surface area contributed by atoms with Crippen molar-refractivity contribution in [1.82, 2.24) is 0 Å². The first-order valence-corrected chi connectivity index (χ1v) is 6.13. The van der Waals surface area contributed by atoms with Gasteiger partial charge in [-0.25, -0.2) is 4.39 Å². The Bertz CT molecular complexity index is 398. The molecule has 1 rings (SSSR count). The summed E-state index contributed by atoms with van der Waals surface area (Å²) in [4.78, 5) is 0. The number of rotatable bonds is 2. The van der Waals surface area contributed by atoms with Gasteiger partial charge >= 0.3 is 0 Å². The van der Waals surface area contributed by atoms with E-state index < -0.39 is 16.1 Å². The van der Waals surface area contributed by atoms with Crippen LogP contribution in [0, 0.1) is 12.7 Å². The van der Waals surface area contributed by atoms with Crippen molar-refractivity contribution in [2.45, 2.75) is 32.4 Å². The molecule has 0 saturated heterocycles. The Labute approximate surface area is 98.9 Å². The lowest BCUT2D eigenvalue weighted by atomic mass is 10.1. The SMILES string of the molecule is Cc1ccc(F)c(C=N[S+]([O-])C(C)(C)C)c1. The Morgan fingerprint density at radius 3 is 2.56 bits per heavy atom. The Balaban J connectivity index is 2.88. The Hall–Kier alpha value is -0.870. The molecule has 0 radical (unpaired) electrons. The van der Waals surface area contributed by atoms with Crippen molar-refractivity contribution in [3.05, 3.63) is 35.1 Å². The highest BCUT2D eigenvalue weighted by atomic mass is 32.2. The predicted molar refractivity (Wildman–Crippen MR) is 66.6 cm³/mol. The van der Waals surface area contributed by atoms with Gasteiger partial charge in [-0.3, -0.25) is 0 Å². The van der Waals surface area contributed by atoms with Gasteiger partial charge in [0.1, 0.15) is 21.9 Å². The largest absolute Gasteiger partial charge is 0.591 e. The third-order valence-electron chi connectivity index (χ3n) is 1.96. The molecule has 1 atom stereocenters. The monoisotopic (exact) mass is 241 g/mol. The van der Waals surface area contributed by atoms with Gasteiger partial charge in [-0.2, -0.15) is 0 Å². The summed E-state index contributed by atoms with van der Waals surface area (Å²) in [7, 11) is 0. The maximum absolute atomic E-state index is 13.3. The highest BCUT2D eigenvalue weighted by Crippen LogP contribution is 2.17. The van der Waals surface area contributed by atoms with E-state index in [1.165, 1.54) is 12.3 Å². The summed E-state index contributed by atoms with van der Waals surface area (Å²) < 4.78 is 28.4. The van der Waals surface area contributed by atoms with Gasteiger partial charge in [0.05, 0.1) is 6.21 Å². The maximum atomic E-state index is 13.3. The van der Waals surface area contributed by atoms with Crippen LogP contribution in [-0.4, -0.2) is 15.5 Å². The zero-order chi connectivity index (χ0) is 12.3. The van der Waals surface area contributed by atoms with Gasteiger partial charge < -0.3 is 4.55 Å². The van der Waals surface area contributed by atoms with Crippen LogP contribution in [0.4, 0.5) is 4.39 Å². The number of benzene rings is 1. The lowest BCUT2D eigenvalue weighted by Gasteiger charge is -2.17. The Morgan fingerprint density at radius 2 is 2.00 bits per heavy atom. The highest BCUT2D eigenvalue weighted by Gasteiger charge is 2.25. The van der Waals surface area contributed by atoms with Crippen LogP contribution in [0.2, 0.25) is 0 Å². The van der Waals surface area contributed by atoms with E-state index in [0.717, 1.165) is 5.56 Å². The summed E-state index contributed by atoms with van der Waals surface area (Å²) in [5.74, 6) is -0.347. The van der Waals surface area contributed by atoms with Gasteiger partial charge in [-0.05, 0) is 39.8 Å². The summed E-state index contributed by atoms with van der Waals surface area (Å²) in [6.45, 7) is 7.35. The molecule has 0 bridgehead atoms. The van der Waals surface area contributed by atoms with Gasteiger partial charge in [0, 0.05) is 5.56 Å². The molecule has 2 nitrogen and oxygen atoms in total. The number of halogens is 1. The van der Waals surface area contributed by atoms with Crippen LogP contribution in [0.3, 0.4) is 0 Å². The van der Waals surface area contributed by atoms with Crippen LogP contribution in [-0.2, 0) is 11.4 Å². The minimum atomic E-state index is -1.35. The summed E-state index contributed by atoms with van der Waals surface area (Å²) >= 11 is -1.35. The van der Waals surface area contributed by atoms with E-state index in [1.54, 1.807) is 12.1 Å². The van der Waals surface area contributed by atoms with E-state index in [1.807, 2.05) is 27.7 Å². The van der Waals surface area contributed by atoms with Gasteiger partial charge in [-0.15, -0.1) is 0 Å². The van der Waals surface area contributed by atoms with Crippen LogP contribution < -0.4 is 0 Å². The Morgan fingerprint density at radius 1 is 1.38 bits per heavy atom. The second-order valence-electron chi connectivity index (χ2n) is 4.62. The topological polar surface area (TPSA) is 35.4 Å². The van der Waals surface area contributed by atoms with Crippen molar-refractivity contribution in [3.63, 3.8) is 0 Å². The van der Waals surface area contributed by atoms with E-state index in [2.05, 4.69) is 4.40 Å². The van der Waals surface area contributed by atoms with Crippen LogP contribution in [0.25, 0.3) is 0 Å². The summed E-state index contributed by atoms with van der Waals surface area (Å²) in [5, 5.41) is 0. The summed E-state index contributed by atoms with van der Waals surface area (Å²) in [6, 6.07) is 4.75. The molecule has 0 spiro atoms. The molecule has 0 saturated carbocycles. The summed E-state index contributed by atoms with van der Waals surface area (Å²) in [6.07, 6.45) is 1.34. The minimum absolute atomic E-state index is 0.347. The molecular weight excluding hydrogens is 225 g/mol. The number of nitrogens with zero attached hydrogens (tertiary/aromatic N) is 1. The average Bonchev–Trinajstić information content (AvgIpc) is 2.17. The van der Waals surface area contributed by atoms with Crippen LogP contribution in [0.5, 0.6) is 0 Å². The van der Waals surface area contributed by atoms with Crippen molar-refractivity contribution in [2.24, 2.45) is 4.40 Å². The molecular formula is C12H16FNOS. The predicted octanol–water partition coefficient (Wildman–Crippen LogP) is 3.02. The molecule has 1 aromatic rings. The first-order valence-electron chi connectivity index (χ1n) is 5.03. The zero-order valence-electron chi connectivity index (χ0n) is 9.95. The van der Waals surface area contributed by atoms with Gasteiger partial charge in [-0.1, -0.05) is 16.0 Å². The molecule has 88 valence electrons. The fourth-order valence-corrected chi connectivity index (χ4v) is 1.55. The van der Waals surface area contributed by atoms with Crippen molar-refractivity contribution in [3.8, 4) is 0 Å². The fourth-order valence-electron chi connectivity index (χ4n) is 1.02. The highest BCUT2D eigenvalue weighted by molar-refractivity contribution is 7.91. The van der Waals surface area contributed by atoms with Crippen molar-refractivity contribution < 1.29 is 8.94 Å². The smallest absolute Gasteiger partial charge is 0.144 e. The fraction of sp³-hybridized carbons (Fsp3) is 0.417. The van der Waals surface area contributed by atoms with E-state index in [-0.39, 0.29) is 5.82 Å². The minimum Gasteiger partial charge on any atom is -0.591 e. The average molecular weight is 241 g/mol. The number of hydrogen-bond donors (Lipinski definition) is 0. The third-order valence-corrected chi connectivity index (χ3v) is 3.31. The molecule has 0 N–H and O–H groups in total. The quantitative estimate of drug-likeness (QED) is 0.579. The molecule has 0 aliphatic carbocycles. The Kier molecular flexibility index (Phi) is 4.10. The maximum Gasteiger partial charge on any atom is 0.144 e. The molecule has 1 aromatic carbocycles. The zero-order valence-corrected chi connectivity index (χ0v) is 10.8. The summed E-state index contributed by atoms with van der Waals surface area (Å²) in [5.41, 5.74) is 1.32. The standard InChI is InChI=1S/C12H16FNOS/c1-9-5-6-11(13)10(7-9)8-14-16(15)12(2,3)4/h5-8H,1-4H3. The molecule has 4 heteroatoms. The van der Waals surface area contributed by atoms with Crippen molar-refractivity contribution >= 4 is 17.6 Å². The van der Waals surface area contributed by atoms with Crippen LogP contribution in [0.15, 0.2) is 22.6 Å². The molecule has 0 amide bonds. The second-order valence-corrected chi connectivity index (χ2v) is 6.55. The van der Waals surface area contributed by atoms with E-state index in [4.69, 9.17) is 0 Å². The van der Waals surface area contributed by atoms with Crippen LogP contribution >= 0.6 is 0 Å². The lowest BCUT2D eigenvalue weighted by Crippen LogP contribution is -2.25. The molecule has 16 heavy (non-hydrogen) atoms.